The van der Waals surface area contributed by atoms with Gasteiger partial charge in [0.1, 0.15) is 0 Å². The Bertz CT molecular complexity index is 238. The van der Waals surface area contributed by atoms with Crippen LogP contribution in [0.15, 0.2) is 4.99 Å². The average Bonchev–Trinajstić information content (AvgIpc) is 2.59. The number of tetrazole rings is 1. The summed E-state index contributed by atoms with van der Waals surface area (Å²) < 4.78 is 0. The van der Waals surface area contributed by atoms with Gasteiger partial charge in [0.2, 0.25) is 0 Å². The highest BCUT2D eigenvalue weighted by Crippen LogP contribution is 1.80. The second-order valence-corrected chi connectivity index (χ2v) is 2.00. The maximum Gasteiger partial charge on any atom is 0.193 e. The summed E-state index contributed by atoms with van der Waals surface area (Å²) in [7, 11) is 3.47. The molecule has 0 spiro atoms. The molecule has 0 unspecified atom stereocenters. The molecule has 0 aromatic carbocycles. The topological polar surface area (TPSA) is 90.9 Å². The van der Waals surface area contributed by atoms with E-state index in [0.717, 1.165) is 0 Å². The maximum atomic E-state index is 3.91. The molecule has 0 atom stereocenters. The molecule has 0 aliphatic carbocycles. The zero-order valence-corrected chi connectivity index (χ0v) is 7.00. The van der Waals surface area contributed by atoms with Crippen LogP contribution in [0.3, 0.4) is 0 Å². The van der Waals surface area contributed by atoms with Crippen molar-refractivity contribution in [1.82, 2.24) is 31.3 Å². The van der Waals surface area contributed by atoms with Crippen molar-refractivity contribution in [3.05, 3.63) is 5.82 Å². The number of nitrogens with one attached hydrogen (secondary N) is 3. The van der Waals surface area contributed by atoms with Crippen LogP contribution in [0.25, 0.3) is 0 Å². The Balaban J connectivity index is 2.35. The van der Waals surface area contributed by atoms with E-state index in [2.05, 4.69) is 36.3 Å². The van der Waals surface area contributed by atoms with Crippen LogP contribution in [0.2, 0.25) is 0 Å². The van der Waals surface area contributed by atoms with Gasteiger partial charge < -0.3 is 10.6 Å². The van der Waals surface area contributed by atoms with Crippen molar-refractivity contribution in [3.8, 4) is 0 Å². The second kappa shape index (κ2) is 4.27. The lowest BCUT2D eigenvalue weighted by atomic mass is 10.6. The van der Waals surface area contributed by atoms with Crippen molar-refractivity contribution in [1.29, 1.82) is 0 Å². The summed E-state index contributed by atoms with van der Waals surface area (Å²) in [6, 6.07) is 0. The quantitative estimate of drug-likeness (QED) is 0.370. The van der Waals surface area contributed by atoms with E-state index >= 15 is 0 Å². The van der Waals surface area contributed by atoms with Gasteiger partial charge in [-0.1, -0.05) is 5.21 Å². The fourth-order valence-electron chi connectivity index (χ4n) is 0.699. The lowest BCUT2D eigenvalue weighted by molar-refractivity contribution is 0.803. The minimum Gasteiger partial charge on any atom is -0.359 e. The lowest BCUT2D eigenvalue weighted by Crippen LogP contribution is -2.34. The Labute approximate surface area is 69.7 Å². The van der Waals surface area contributed by atoms with Gasteiger partial charge in [-0.15, -0.1) is 10.2 Å². The molecule has 1 aromatic rings. The Morgan fingerprint density at radius 2 is 2.50 bits per heavy atom. The summed E-state index contributed by atoms with van der Waals surface area (Å²) in [6.07, 6.45) is 0. The average molecular weight is 169 g/mol. The van der Waals surface area contributed by atoms with Gasteiger partial charge in [0.25, 0.3) is 0 Å². The van der Waals surface area contributed by atoms with E-state index in [9.17, 15) is 0 Å². The van der Waals surface area contributed by atoms with Crippen LogP contribution in [0.1, 0.15) is 5.82 Å². The van der Waals surface area contributed by atoms with Crippen LogP contribution >= 0.6 is 0 Å². The first-order valence-electron chi connectivity index (χ1n) is 3.47. The molecule has 0 bridgehead atoms. The minimum atomic E-state index is 0.504. The first kappa shape index (κ1) is 8.44. The van der Waals surface area contributed by atoms with Crippen LogP contribution in [-0.2, 0) is 6.54 Å². The first-order valence-corrected chi connectivity index (χ1v) is 3.47. The summed E-state index contributed by atoms with van der Waals surface area (Å²) in [5.41, 5.74) is 0. The van der Waals surface area contributed by atoms with Crippen molar-refractivity contribution in [2.75, 3.05) is 14.1 Å². The standard InChI is InChI=1S/C5H11N7/c1-6-5(7-2)8-3-4-9-11-12-10-4/h3H2,1-2H3,(H2,6,7,8)(H,9,10,11,12). The van der Waals surface area contributed by atoms with E-state index in [1.165, 1.54) is 0 Å². The summed E-state index contributed by atoms with van der Waals surface area (Å²) in [5.74, 6) is 1.30. The van der Waals surface area contributed by atoms with Crippen molar-refractivity contribution < 1.29 is 0 Å². The van der Waals surface area contributed by atoms with Gasteiger partial charge in [-0.25, -0.2) is 0 Å². The number of rotatable bonds is 2. The SMILES string of the molecule is CN=C(NC)NCc1nn[nH]n1. The van der Waals surface area contributed by atoms with Crippen molar-refractivity contribution in [2.45, 2.75) is 6.54 Å². The number of nitrogens with zero attached hydrogens (tertiary/aromatic N) is 4. The first-order chi connectivity index (χ1) is 5.86. The van der Waals surface area contributed by atoms with Gasteiger partial charge >= 0.3 is 0 Å². The van der Waals surface area contributed by atoms with Crippen LogP contribution in [0.5, 0.6) is 0 Å². The van der Waals surface area contributed by atoms with Crippen LogP contribution in [0.4, 0.5) is 0 Å². The molecule has 7 heteroatoms. The molecule has 3 N–H and O–H groups in total. The number of hydrogen-bond acceptors (Lipinski definition) is 4. The smallest absolute Gasteiger partial charge is 0.193 e. The molecule has 66 valence electrons. The van der Waals surface area contributed by atoms with Gasteiger partial charge in [-0.2, -0.15) is 5.21 Å². The molecule has 7 nitrogen and oxygen atoms in total. The van der Waals surface area contributed by atoms with Gasteiger partial charge in [0.05, 0.1) is 6.54 Å². The molecular formula is C5H11N7. The zero-order valence-electron chi connectivity index (χ0n) is 7.00. The molecule has 1 heterocycles. The molecule has 0 saturated heterocycles. The van der Waals surface area contributed by atoms with E-state index < -0.39 is 0 Å². The highest BCUT2D eigenvalue weighted by atomic mass is 15.5. The third-order valence-electron chi connectivity index (χ3n) is 1.26. The second-order valence-electron chi connectivity index (χ2n) is 2.00. The third-order valence-corrected chi connectivity index (χ3v) is 1.26. The normalized spacial score (nSPS) is 11.3. The zero-order chi connectivity index (χ0) is 8.81. The summed E-state index contributed by atoms with van der Waals surface area (Å²) >= 11 is 0. The highest BCUT2D eigenvalue weighted by Gasteiger charge is 1.97. The monoisotopic (exact) mass is 169 g/mol. The van der Waals surface area contributed by atoms with Gasteiger partial charge in [0, 0.05) is 14.1 Å². The summed E-state index contributed by atoms with van der Waals surface area (Å²) in [5, 5.41) is 19.1. The number of guanidine groups is 1. The third kappa shape index (κ3) is 2.19. The van der Waals surface area contributed by atoms with E-state index in [1.54, 1.807) is 14.1 Å². The fraction of sp³-hybridized carbons (Fsp3) is 0.600. The Hall–Kier alpha value is -1.66. The van der Waals surface area contributed by atoms with E-state index in [-0.39, 0.29) is 0 Å². The van der Waals surface area contributed by atoms with Crippen molar-refractivity contribution in [2.24, 2.45) is 4.99 Å². The predicted molar refractivity (Wildman–Crippen MR) is 43.4 cm³/mol. The lowest BCUT2D eigenvalue weighted by Gasteiger charge is -2.04. The van der Waals surface area contributed by atoms with E-state index in [1.807, 2.05) is 0 Å². The summed E-state index contributed by atoms with van der Waals surface area (Å²) in [6.45, 7) is 0.504. The molecule has 0 saturated carbocycles. The number of aliphatic imine (C=N–C) groups is 1. The predicted octanol–water partition coefficient (Wildman–Crippen LogP) is -1.51. The molecule has 1 rings (SSSR count). The van der Waals surface area contributed by atoms with Crippen LogP contribution < -0.4 is 10.6 Å². The number of H-pyrrole nitrogens is 1. The number of aromatic amines is 1. The molecule has 12 heavy (non-hydrogen) atoms. The fourth-order valence-corrected chi connectivity index (χ4v) is 0.699. The number of aromatic nitrogens is 4. The maximum absolute atomic E-state index is 3.91. The molecule has 0 aliphatic rings. The summed E-state index contributed by atoms with van der Waals surface area (Å²) in [4.78, 5) is 3.91. The van der Waals surface area contributed by atoms with Gasteiger partial charge in [0.15, 0.2) is 11.8 Å². The van der Waals surface area contributed by atoms with Crippen molar-refractivity contribution in [3.63, 3.8) is 0 Å². The molecular weight excluding hydrogens is 158 g/mol. The Kier molecular flexibility index (Phi) is 3.00. The molecule has 1 aromatic heterocycles. The Morgan fingerprint density at radius 3 is 3.00 bits per heavy atom. The van der Waals surface area contributed by atoms with E-state index in [4.69, 9.17) is 0 Å². The molecule has 0 aliphatic heterocycles. The van der Waals surface area contributed by atoms with E-state index in [0.29, 0.717) is 18.3 Å². The minimum absolute atomic E-state index is 0.504. The largest absolute Gasteiger partial charge is 0.359 e. The van der Waals surface area contributed by atoms with Crippen LogP contribution in [-0.4, -0.2) is 40.7 Å². The van der Waals surface area contributed by atoms with Gasteiger partial charge in [-0.05, 0) is 0 Å². The van der Waals surface area contributed by atoms with Crippen LogP contribution in [0, 0.1) is 0 Å². The Morgan fingerprint density at radius 1 is 1.67 bits per heavy atom. The van der Waals surface area contributed by atoms with Crippen molar-refractivity contribution >= 4 is 5.96 Å². The highest BCUT2D eigenvalue weighted by molar-refractivity contribution is 5.79. The molecule has 0 amide bonds. The van der Waals surface area contributed by atoms with Gasteiger partial charge in [-0.3, -0.25) is 4.99 Å². The number of hydrogen-bond donors (Lipinski definition) is 3. The molecule has 0 radical (unpaired) electrons. The molecule has 0 fully saturated rings.